The van der Waals surface area contributed by atoms with Gasteiger partial charge in [-0.2, -0.15) is 4.98 Å². The number of nitrogens with zero attached hydrogens (tertiary/aromatic N) is 4. The molecule has 0 spiro atoms. The number of rotatable bonds is 4. The van der Waals surface area contributed by atoms with E-state index >= 15 is 0 Å². The van der Waals surface area contributed by atoms with Gasteiger partial charge in [0.15, 0.2) is 0 Å². The summed E-state index contributed by atoms with van der Waals surface area (Å²) in [6.45, 7) is 0. The van der Waals surface area contributed by atoms with E-state index in [1.54, 1.807) is 13.3 Å². The van der Waals surface area contributed by atoms with Gasteiger partial charge < -0.3 is 18.4 Å². The van der Waals surface area contributed by atoms with Crippen LogP contribution in [0.2, 0.25) is 0 Å². The predicted octanol–water partition coefficient (Wildman–Crippen LogP) is 4.72. The summed E-state index contributed by atoms with van der Waals surface area (Å²) >= 11 is 3.47. The van der Waals surface area contributed by atoms with Gasteiger partial charge in [-0.3, -0.25) is 4.79 Å². The van der Waals surface area contributed by atoms with Crippen LogP contribution in [0.4, 0.5) is 0 Å². The number of carbonyl (C=O) groups is 1. The Balaban J connectivity index is 1.59. The van der Waals surface area contributed by atoms with E-state index in [4.69, 9.17) is 9.26 Å². The molecule has 0 aliphatic rings. The van der Waals surface area contributed by atoms with Gasteiger partial charge in [-0.1, -0.05) is 21.1 Å². The lowest BCUT2D eigenvalue weighted by molar-refractivity contribution is 0.0995. The first-order valence-corrected chi connectivity index (χ1v) is 10.0. The maximum Gasteiger partial charge on any atom is 0.299 e. The summed E-state index contributed by atoms with van der Waals surface area (Å²) in [5.41, 5.74) is 3.24. The summed E-state index contributed by atoms with van der Waals surface area (Å²) in [5, 5.41) is 5.83. The number of halogens is 1. The van der Waals surface area contributed by atoms with Crippen LogP contribution in [0.1, 0.15) is 16.2 Å². The third-order valence-corrected chi connectivity index (χ3v) is 5.75. The number of hydrogen-bond donors (Lipinski definition) is 0. The molecule has 2 aromatic carbocycles. The van der Waals surface area contributed by atoms with Crippen LogP contribution in [-0.4, -0.2) is 32.2 Å². The van der Waals surface area contributed by atoms with Crippen molar-refractivity contribution < 1.29 is 14.1 Å². The van der Waals surface area contributed by atoms with Crippen molar-refractivity contribution in [1.82, 2.24) is 19.3 Å². The highest BCUT2D eigenvalue weighted by Crippen LogP contribution is 2.32. The standard InChI is InChI=1S/C22H17BrN4O3/c1-26-10-16(14-8-12(23)4-6-18(14)26)20(28)22-24-21(25-30-22)17-11-27(2)19-7-5-13(29-3)9-15(17)19/h4-11H,1-3H3. The van der Waals surface area contributed by atoms with Crippen LogP contribution in [-0.2, 0) is 14.1 Å². The van der Waals surface area contributed by atoms with Crippen LogP contribution in [0.3, 0.4) is 0 Å². The first kappa shape index (κ1) is 18.6. The van der Waals surface area contributed by atoms with E-state index in [0.717, 1.165) is 37.6 Å². The number of ketones is 1. The maximum absolute atomic E-state index is 13.1. The maximum atomic E-state index is 13.1. The summed E-state index contributed by atoms with van der Waals surface area (Å²) in [4.78, 5) is 17.6. The van der Waals surface area contributed by atoms with Crippen LogP contribution in [0.15, 0.2) is 57.8 Å². The highest BCUT2D eigenvalue weighted by Gasteiger charge is 2.23. The van der Waals surface area contributed by atoms with Gasteiger partial charge >= 0.3 is 0 Å². The van der Waals surface area contributed by atoms with Crippen LogP contribution >= 0.6 is 15.9 Å². The minimum absolute atomic E-state index is 0.0441. The number of ether oxygens (including phenoxy) is 1. The van der Waals surface area contributed by atoms with Crippen LogP contribution in [0.5, 0.6) is 5.75 Å². The van der Waals surface area contributed by atoms with E-state index in [2.05, 4.69) is 26.1 Å². The Bertz CT molecular complexity index is 1440. The smallest absolute Gasteiger partial charge is 0.299 e. The fourth-order valence-corrected chi connectivity index (χ4v) is 4.12. The fourth-order valence-electron chi connectivity index (χ4n) is 3.76. The Hall–Kier alpha value is -3.39. The third kappa shape index (κ3) is 2.83. The second kappa shape index (κ2) is 6.84. The van der Waals surface area contributed by atoms with Crippen molar-refractivity contribution in [2.24, 2.45) is 14.1 Å². The summed E-state index contributed by atoms with van der Waals surface area (Å²) in [6.07, 6.45) is 3.70. The molecule has 0 aliphatic carbocycles. The molecule has 3 heterocycles. The van der Waals surface area contributed by atoms with Crippen molar-refractivity contribution in [2.75, 3.05) is 7.11 Å². The minimum atomic E-state index is -0.310. The number of benzene rings is 2. The SMILES string of the molecule is COc1ccc2c(c1)c(-c1noc(C(=O)c3cn(C)c4ccc(Br)cc34)n1)cn2C. The van der Waals surface area contributed by atoms with Crippen LogP contribution < -0.4 is 4.74 Å². The number of fused-ring (bicyclic) bond motifs is 2. The molecule has 0 aliphatic heterocycles. The normalized spacial score (nSPS) is 11.5. The lowest BCUT2D eigenvalue weighted by Crippen LogP contribution is -2.01. The molecule has 0 saturated heterocycles. The van der Waals surface area contributed by atoms with E-state index in [1.807, 2.05) is 65.8 Å². The Labute approximate surface area is 180 Å². The number of hydrogen-bond acceptors (Lipinski definition) is 5. The molecule has 0 fully saturated rings. The molecular weight excluding hydrogens is 448 g/mol. The molecule has 150 valence electrons. The van der Waals surface area contributed by atoms with Crippen molar-refractivity contribution in [3.63, 3.8) is 0 Å². The van der Waals surface area contributed by atoms with Crippen molar-refractivity contribution >= 4 is 43.5 Å². The van der Waals surface area contributed by atoms with Crippen molar-refractivity contribution in [3.05, 3.63) is 64.7 Å². The van der Waals surface area contributed by atoms with E-state index in [-0.39, 0.29) is 11.7 Å². The molecule has 5 aromatic rings. The summed E-state index contributed by atoms with van der Waals surface area (Å²) in [5.74, 6) is 0.738. The summed E-state index contributed by atoms with van der Waals surface area (Å²) in [7, 11) is 5.46. The second-order valence-corrected chi connectivity index (χ2v) is 8.02. The highest BCUT2D eigenvalue weighted by atomic mass is 79.9. The Morgan fingerprint density at radius 3 is 2.57 bits per heavy atom. The Morgan fingerprint density at radius 2 is 1.77 bits per heavy atom. The van der Waals surface area contributed by atoms with Crippen molar-refractivity contribution in [1.29, 1.82) is 0 Å². The largest absolute Gasteiger partial charge is 0.497 e. The number of carbonyl (C=O) groups excluding carboxylic acids is 1. The van der Waals surface area contributed by atoms with Gasteiger partial charge in [-0.25, -0.2) is 0 Å². The molecule has 0 bridgehead atoms. The summed E-state index contributed by atoms with van der Waals surface area (Å²) < 4.78 is 15.5. The van der Waals surface area contributed by atoms with Gasteiger partial charge in [0, 0.05) is 58.3 Å². The molecule has 0 atom stereocenters. The third-order valence-electron chi connectivity index (χ3n) is 5.25. The van der Waals surface area contributed by atoms with Crippen molar-refractivity contribution in [3.8, 4) is 17.1 Å². The number of methoxy groups -OCH3 is 1. The van der Waals surface area contributed by atoms with Gasteiger partial charge in [0.05, 0.1) is 12.7 Å². The van der Waals surface area contributed by atoms with Gasteiger partial charge in [0.2, 0.25) is 5.82 Å². The van der Waals surface area contributed by atoms with Crippen molar-refractivity contribution in [2.45, 2.75) is 0 Å². The van der Waals surface area contributed by atoms with E-state index in [1.165, 1.54) is 0 Å². The average molecular weight is 465 g/mol. The Kier molecular flexibility index (Phi) is 4.25. The van der Waals surface area contributed by atoms with Crippen LogP contribution in [0, 0.1) is 0 Å². The molecule has 0 saturated carbocycles. The zero-order valence-corrected chi connectivity index (χ0v) is 18.1. The molecule has 7 nitrogen and oxygen atoms in total. The lowest BCUT2D eigenvalue weighted by atomic mass is 10.1. The molecule has 30 heavy (non-hydrogen) atoms. The van der Waals surface area contributed by atoms with Gasteiger partial charge in [-0.05, 0) is 36.4 Å². The predicted molar refractivity (Wildman–Crippen MR) is 117 cm³/mol. The molecule has 0 unspecified atom stereocenters. The molecular formula is C22H17BrN4O3. The molecule has 8 heteroatoms. The summed E-state index contributed by atoms with van der Waals surface area (Å²) in [6, 6.07) is 11.6. The van der Waals surface area contributed by atoms with E-state index < -0.39 is 0 Å². The molecule has 0 amide bonds. The topological polar surface area (TPSA) is 75.1 Å². The molecule has 0 radical (unpaired) electrons. The molecule has 5 rings (SSSR count). The minimum Gasteiger partial charge on any atom is -0.497 e. The lowest BCUT2D eigenvalue weighted by Gasteiger charge is -2.00. The first-order chi connectivity index (χ1) is 14.5. The molecule has 0 N–H and O–H groups in total. The Morgan fingerprint density at radius 1 is 1.03 bits per heavy atom. The van der Waals surface area contributed by atoms with E-state index in [0.29, 0.717) is 11.4 Å². The zero-order valence-electron chi connectivity index (χ0n) is 16.5. The van der Waals surface area contributed by atoms with Gasteiger partial charge in [0.25, 0.3) is 11.7 Å². The monoisotopic (exact) mass is 464 g/mol. The van der Waals surface area contributed by atoms with Crippen LogP contribution in [0.25, 0.3) is 33.2 Å². The highest BCUT2D eigenvalue weighted by molar-refractivity contribution is 9.10. The zero-order chi connectivity index (χ0) is 21.0. The quantitative estimate of drug-likeness (QED) is 0.359. The fraction of sp³-hybridized carbons (Fsp3) is 0.136. The number of aryl methyl sites for hydroxylation is 2. The van der Waals surface area contributed by atoms with Gasteiger partial charge in [-0.15, -0.1) is 0 Å². The molecule has 3 aromatic heterocycles. The first-order valence-electron chi connectivity index (χ1n) is 9.22. The second-order valence-electron chi connectivity index (χ2n) is 7.10. The van der Waals surface area contributed by atoms with Gasteiger partial charge in [0.1, 0.15) is 5.75 Å². The average Bonchev–Trinajstić information content (AvgIpc) is 3.44. The number of aromatic nitrogens is 4. The van der Waals surface area contributed by atoms with E-state index in [9.17, 15) is 4.79 Å².